The average Bonchev–Trinajstić information content (AvgIpc) is 2.24. The van der Waals surface area contributed by atoms with Crippen LogP contribution in [0.3, 0.4) is 0 Å². The van der Waals surface area contributed by atoms with E-state index in [2.05, 4.69) is 10.6 Å². The molecule has 0 saturated carbocycles. The van der Waals surface area contributed by atoms with Crippen molar-refractivity contribution in [3.05, 3.63) is 0 Å². The third kappa shape index (κ3) is 8.91. The summed E-state index contributed by atoms with van der Waals surface area (Å²) in [4.78, 5) is 32.0. The largest absolute Gasteiger partial charge is 0.370 e. The predicted octanol–water partition coefficient (Wildman–Crippen LogP) is -3.32. The van der Waals surface area contributed by atoms with Gasteiger partial charge in [0.15, 0.2) is 0 Å². The summed E-state index contributed by atoms with van der Waals surface area (Å²) in [6.07, 6.45) is 0. The van der Waals surface area contributed by atoms with Crippen LogP contribution in [0, 0.1) is 0 Å². The number of nitrogens with two attached hydrogens (primary N) is 2. The Morgan fingerprint density at radius 3 is 2.38 bits per heavy atom. The van der Waals surface area contributed by atoms with Crippen LogP contribution in [0.1, 0.15) is 0 Å². The Morgan fingerprint density at radius 1 is 1.12 bits per heavy atom. The van der Waals surface area contributed by atoms with E-state index in [0.29, 0.717) is 0 Å². The minimum atomic E-state index is -0.568. The summed E-state index contributed by atoms with van der Waals surface area (Å²) in [7, 11) is 0. The van der Waals surface area contributed by atoms with Crippen LogP contribution in [0.15, 0.2) is 0 Å². The Kier molecular flexibility index (Phi) is 7.72. The van der Waals surface area contributed by atoms with E-state index in [0.717, 1.165) is 0 Å². The van der Waals surface area contributed by atoms with Crippen molar-refractivity contribution in [3.8, 4) is 0 Å². The zero-order valence-electron chi connectivity index (χ0n) is 8.82. The van der Waals surface area contributed by atoms with E-state index in [-0.39, 0.29) is 38.8 Å². The van der Waals surface area contributed by atoms with E-state index < -0.39 is 11.8 Å². The Morgan fingerprint density at radius 2 is 1.81 bits per heavy atom. The van der Waals surface area contributed by atoms with Gasteiger partial charge in [-0.1, -0.05) is 0 Å². The van der Waals surface area contributed by atoms with Crippen molar-refractivity contribution in [2.45, 2.75) is 0 Å². The van der Waals surface area contributed by atoms with Gasteiger partial charge in [0.25, 0.3) is 0 Å². The van der Waals surface area contributed by atoms with Crippen molar-refractivity contribution < 1.29 is 19.1 Å². The Bertz CT molecular complexity index is 256. The van der Waals surface area contributed by atoms with Gasteiger partial charge in [-0.2, -0.15) is 0 Å². The standard InChI is InChI=1S/C8H16N4O4/c9-3-7(14)12-4-8(15)11-1-2-16-5-6(10)13/h1-5,9H2,(H2,10,13)(H,11,15)(H,12,14). The number of amides is 3. The van der Waals surface area contributed by atoms with E-state index in [1.54, 1.807) is 0 Å². The van der Waals surface area contributed by atoms with Crippen LogP contribution in [-0.4, -0.2) is 50.6 Å². The van der Waals surface area contributed by atoms with Crippen molar-refractivity contribution in [2.24, 2.45) is 11.5 Å². The highest BCUT2D eigenvalue weighted by Gasteiger charge is 2.02. The third-order valence-corrected chi connectivity index (χ3v) is 1.44. The van der Waals surface area contributed by atoms with Crippen molar-refractivity contribution in [3.63, 3.8) is 0 Å². The summed E-state index contributed by atoms with van der Waals surface area (Å²) >= 11 is 0. The summed E-state index contributed by atoms with van der Waals surface area (Å²) in [6, 6.07) is 0. The Hall–Kier alpha value is -1.67. The molecule has 0 aliphatic carbocycles. The topological polar surface area (TPSA) is 137 Å². The summed E-state index contributed by atoms with van der Waals surface area (Å²) in [5, 5.41) is 4.76. The molecule has 0 unspecified atom stereocenters. The van der Waals surface area contributed by atoms with Gasteiger partial charge >= 0.3 is 0 Å². The highest BCUT2D eigenvalue weighted by molar-refractivity contribution is 5.85. The van der Waals surface area contributed by atoms with Crippen LogP contribution in [-0.2, 0) is 19.1 Å². The van der Waals surface area contributed by atoms with Gasteiger partial charge in [0.2, 0.25) is 17.7 Å². The SMILES string of the molecule is NCC(=O)NCC(=O)NCCOCC(N)=O. The van der Waals surface area contributed by atoms with Crippen LogP contribution in [0.4, 0.5) is 0 Å². The maximum absolute atomic E-state index is 11.0. The van der Waals surface area contributed by atoms with Crippen molar-refractivity contribution in [1.29, 1.82) is 0 Å². The van der Waals surface area contributed by atoms with Gasteiger partial charge in [0.05, 0.1) is 19.7 Å². The molecular formula is C8H16N4O4. The first-order valence-corrected chi connectivity index (χ1v) is 4.65. The molecule has 0 rings (SSSR count). The molecule has 0 fully saturated rings. The molecule has 8 nitrogen and oxygen atoms in total. The van der Waals surface area contributed by atoms with Crippen LogP contribution >= 0.6 is 0 Å². The smallest absolute Gasteiger partial charge is 0.243 e. The van der Waals surface area contributed by atoms with Crippen molar-refractivity contribution in [2.75, 3.05) is 32.8 Å². The molecule has 0 spiro atoms. The quantitative estimate of drug-likeness (QED) is 0.324. The predicted molar refractivity (Wildman–Crippen MR) is 55.1 cm³/mol. The van der Waals surface area contributed by atoms with Gasteiger partial charge in [-0.3, -0.25) is 14.4 Å². The number of hydrogen-bond donors (Lipinski definition) is 4. The minimum Gasteiger partial charge on any atom is -0.370 e. The minimum absolute atomic E-state index is 0.133. The van der Waals surface area contributed by atoms with E-state index in [9.17, 15) is 14.4 Å². The molecular weight excluding hydrogens is 216 g/mol. The zero-order chi connectivity index (χ0) is 12.4. The highest BCUT2D eigenvalue weighted by Crippen LogP contribution is 1.72. The average molecular weight is 232 g/mol. The van der Waals surface area contributed by atoms with E-state index in [4.69, 9.17) is 16.2 Å². The molecule has 3 amide bonds. The molecule has 0 aromatic heterocycles. The first-order valence-electron chi connectivity index (χ1n) is 4.65. The monoisotopic (exact) mass is 232 g/mol. The first kappa shape index (κ1) is 14.3. The van der Waals surface area contributed by atoms with E-state index in [1.807, 2.05) is 0 Å². The van der Waals surface area contributed by atoms with Gasteiger partial charge in [-0.05, 0) is 0 Å². The summed E-state index contributed by atoms with van der Waals surface area (Å²) in [6.45, 7) is -0.0508. The summed E-state index contributed by atoms with van der Waals surface area (Å²) in [5.41, 5.74) is 9.84. The van der Waals surface area contributed by atoms with Crippen molar-refractivity contribution in [1.82, 2.24) is 10.6 Å². The second-order valence-electron chi connectivity index (χ2n) is 2.85. The Balaban J connectivity index is 3.37. The lowest BCUT2D eigenvalue weighted by Crippen LogP contribution is -2.40. The molecule has 8 heteroatoms. The number of nitrogens with one attached hydrogen (secondary N) is 2. The second kappa shape index (κ2) is 8.62. The molecule has 0 atom stereocenters. The summed E-state index contributed by atoms with van der Waals surface area (Å²) < 4.78 is 4.80. The molecule has 0 bridgehead atoms. The normalized spacial score (nSPS) is 9.56. The molecule has 0 aliphatic heterocycles. The lowest BCUT2D eigenvalue weighted by molar-refractivity contribution is -0.125. The number of rotatable bonds is 8. The lowest BCUT2D eigenvalue weighted by atomic mass is 10.5. The molecule has 16 heavy (non-hydrogen) atoms. The Labute approximate surface area is 92.7 Å². The number of carbonyl (C=O) groups is 3. The maximum Gasteiger partial charge on any atom is 0.243 e. The number of hydrogen-bond acceptors (Lipinski definition) is 5. The molecule has 0 saturated heterocycles. The lowest BCUT2D eigenvalue weighted by Gasteiger charge is -2.06. The van der Waals surface area contributed by atoms with Crippen molar-refractivity contribution >= 4 is 17.7 Å². The van der Waals surface area contributed by atoms with E-state index in [1.165, 1.54) is 0 Å². The molecule has 92 valence electrons. The van der Waals surface area contributed by atoms with Crippen LogP contribution in [0.25, 0.3) is 0 Å². The van der Waals surface area contributed by atoms with Crippen LogP contribution < -0.4 is 22.1 Å². The fraction of sp³-hybridized carbons (Fsp3) is 0.625. The molecule has 0 radical (unpaired) electrons. The fourth-order valence-corrected chi connectivity index (χ4v) is 0.749. The molecule has 0 aromatic carbocycles. The van der Waals surface area contributed by atoms with Gasteiger partial charge in [-0.25, -0.2) is 0 Å². The number of carbonyl (C=O) groups excluding carboxylic acids is 3. The second-order valence-corrected chi connectivity index (χ2v) is 2.85. The first-order chi connectivity index (χ1) is 7.56. The molecule has 0 aromatic rings. The maximum atomic E-state index is 11.0. The molecule has 0 aliphatic rings. The van der Waals surface area contributed by atoms with Crippen LogP contribution in [0.5, 0.6) is 0 Å². The summed E-state index contributed by atoms with van der Waals surface area (Å²) in [5.74, 6) is -1.33. The van der Waals surface area contributed by atoms with Gasteiger partial charge in [-0.15, -0.1) is 0 Å². The number of ether oxygens (including phenoxy) is 1. The highest BCUT2D eigenvalue weighted by atomic mass is 16.5. The van der Waals surface area contributed by atoms with Gasteiger partial charge in [0.1, 0.15) is 6.61 Å². The van der Waals surface area contributed by atoms with E-state index >= 15 is 0 Å². The fourth-order valence-electron chi connectivity index (χ4n) is 0.749. The third-order valence-electron chi connectivity index (χ3n) is 1.44. The van der Waals surface area contributed by atoms with Gasteiger partial charge < -0.3 is 26.8 Å². The molecule has 6 N–H and O–H groups in total. The molecule has 0 heterocycles. The number of primary amides is 1. The van der Waals surface area contributed by atoms with Crippen LogP contribution in [0.2, 0.25) is 0 Å². The van der Waals surface area contributed by atoms with Gasteiger partial charge in [0, 0.05) is 6.54 Å². The zero-order valence-corrected chi connectivity index (χ0v) is 8.82.